The number of nitrogens with one attached hydrogen (secondary N) is 1. The Kier molecular flexibility index (Phi) is 4.05. The monoisotopic (exact) mass is 310 g/mol. The molecule has 116 valence electrons. The minimum absolute atomic E-state index is 0.211. The average Bonchev–Trinajstić information content (AvgIpc) is 2.57. The Labute approximate surface area is 131 Å². The number of pyridine rings is 1. The summed E-state index contributed by atoms with van der Waals surface area (Å²) in [6, 6.07) is 8.59. The summed E-state index contributed by atoms with van der Waals surface area (Å²) < 4.78 is 10.4. The van der Waals surface area contributed by atoms with Gasteiger partial charge in [0.15, 0.2) is 0 Å². The Morgan fingerprint density at radius 1 is 1.26 bits per heavy atom. The summed E-state index contributed by atoms with van der Waals surface area (Å²) in [5.74, 6) is 0. The number of nitrogens with zero attached hydrogens (tertiary/aromatic N) is 1. The van der Waals surface area contributed by atoms with Crippen LogP contribution in [-0.2, 0) is 4.74 Å². The van der Waals surface area contributed by atoms with Gasteiger partial charge in [0.25, 0.3) is 0 Å². The quantitative estimate of drug-likeness (QED) is 0.801. The highest BCUT2D eigenvalue weighted by atomic mass is 16.5. The van der Waals surface area contributed by atoms with Crippen molar-refractivity contribution in [3.05, 3.63) is 59.2 Å². The van der Waals surface area contributed by atoms with E-state index in [1.807, 2.05) is 0 Å². The third kappa shape index (κ3) is 2.91. The number of para-hydroxylation sites is 1. The van der Waals surface area contributed by atoms with Crippen molar-refractivity contribution in [2.24, 2.45) is 0 Å². The molecule has 0 aliphatic heterocycles. The van der Waals surface area contributed by atoms with Crippen molar-refractivity contribution in [1.29, 1.82) is 0 Å². The first-order chi connectivity index (χ1) is 11.2. The molecule has 6 nitrogen and oxygen atoms in total. The molecule has 2 aromatic heterocycles. The van der Waals surface area contributed by atoms with Crippen LogP contribution in [0.3, 0.4) is 0 Å². The van der Waals surface area contributed by atoms with Gasteiger partial charge in [-0.15, -0.1) is 0 Å². The molecule has 0 radical (unpaired) electrons. The first kappa shape index (κ1) is 14.8. The van der Waals surface area contributed by atoms with E-state index in [-0.39, 0.29) is 12.0 Å². The van der Waals surface area contributed by atoms with Crippen molar-refractivity contribution in [3.8, 4) is 11.1 Å². The zero-order chi connectivity index (χ0) is 16.2. The molecule has 23 heavy (non-hydrogen) atoms. The molecule has 0 spiro atoms. The van der Waals surface area contributed by atoms with Gasteiger partial charge in [0, 0.05) is 18.0 Å². The fraction of sp³-hybridized carbons (Fsp3) is 0.118. The normalized spacial score (nSPS) is 10.5. The van der Waals surface area contributed by atoms with Gasteiger partial charge in [-0.2, -0.15) is 0 Å². The molecule has 1 amide bonds. The van der Waals surface area contributed by atoms with Crippen molar-refractivity contribution in [2.75, 3.05) is 11.9 Å². The SMILES string of the molecule is CCOC(=O)Nc1ccccc1-c1coc2ccncc2c1=O. The Bertz CT molecular complexity index is 918. The Hall–Kier alpha value is -3.15. The third-order valence-electron chi connectivity index (χ3n) is 3.30. The van der Waals surface area contributed by atoms with E-state index in [9.17, 15) is 9.59 Å². The predicted octanol–water partition coefficient (Wildman–Crippen LogP) is 3.42. The lowest BCUT2D eigenvalue weighted by atomic mass is 10.0. The lowest BCUT2D eigenvalue weighted by Gasteiger charge is -2.10. The Balaban J connectivity index is 2.11. The second-order valence-corrected chi connectivity index (χ2v) is 4.74. The average molecular weight is 310 g/mol. The molecule has 0 aliphatic rings. The molecule has 6 heteroatoms. The molecule has 0 aliphatic carbocycles. The Morgan fingerprint density at radius 2 is 2.09 bits per heavy atom. The molecule has 0 fully saturated rings. The van der Waals surface area contributed by atoms with Gasteiger partial charge in [-0.1, -0.05) is 18.2 Å². The second-order valence-electron chi connectivity index (χ2n) is 4.74. The highest BCUT2D eigenvalue weighted by Crippen LogP contribution is 2.27. The number of hydrogen-bond donors (Lipinski definition) is 1. The Morgan fingerprint density at radius 3 is 2.91 bits per heavy atom. The van der Waals surface area contributed by atoms with Crippen molar-refractivity contribution in [3.63, 3.8) is 0 Å². The van der Waals surface area contributed by atoms with Crippen LogP contribution < -0.4 is 10.7 Å². The van der Waals surface area contributed by atoms with Gasteiger partial charge in [-0.05, 0) is 19.1 Å². The van der Waals surface area contributed by atoms with E-state index < -0.39 is 6.09 Å². The van der Waals surface area contributed by atoms with E-state index in [2.05, 4.69) is 10.3 Å². The van der Waals surface area contributed by atoms with Crippen molar-refractivity contribution >= 4 is 22.7 Å². The first-order valence-corrected chi connectivity index (χ1v) is 7.09. The van der Waals surface area contributed by atoms with Gasteiger partial charge in [-0.25, -0.2) is 4.79 Å². The molecule has 3 rings (SSSR count). The molecule has 3 aromatic rings. The lowest BCUT2D eigenvalue weighted by molar-refractivity contribution is 0.168. The van der Waals surface area contributed by atoms with Gasteiger partial charge >= 0.3 is 6.09 Å². The summed E-state index contributed by atoms with van der Waals surface area (Å²) in [7, 11) is 0. The van der Waals surface area contributed by atoms with E-state index in [1.54, 1.807) is 43.5 Å². The smallest absolute Gasteiger partial charge is 0.411 e. The molecular formula is C17H14N2O4. The molecule has 0 saturated carbocycles. The van der Waals surface area contributed by atoms with Gasteiger partial charge in [0.2, 0.25) is 5.43 Å². The van der Waals surface area contributed by atoms with Crippen LogP contribution >= 0.6 is 0 Å². The standard InChI is InChI=1S/C17H14N2O4/c1-2-22-17(21)19-14-6-4-3-5-11(14)13-10-23-15-7-8-18-9-12(15)16(13)20/h3-10H,2H2,1H3,(H,19,21). The molecule has 0 unspecified atom stereocenters. The number of fused-ring (bicyclic) bond motifs is 1. The number of hydrogen-bond acceptors (Lipinski definition) is 5. The topological polar surface area (TPSA) is 81.4 Å². The van der Waals surface area contributed by atoms with Gasteiger partial charge in [0.1, 0.15) is 11.8 Å². The summed E-state index contributed by atoms with van der Waals surface area (Å²) in [5.41, 5.74) is 1.63. The maximum atomic E-state index is 12.6. The van der Waals surface area contributed by atoms with Crippen LogP contribution in [0.2, 0.25) is 0 Å². The fourth-order valence-electron chi connectivity index (χ4n) is 2.27. The molecule has 1 aromatic carbocycles. The molecular weight excluding hydrogens is 296 g/mol. The second kappa shape index (κ2) is 6.31. The van der Waals surface area contributed by atoms with Crippen molar-refractivity contribution < 1.29 is 13.9 Å². The summed E-state index contributed by atoms with van der Waals surface area (Å²) in [6.45, 7) is 1.98. The van der Waals surface area contributed by atoms with Crippen LogP contribution in [0, 0.1) is 0 Å². The van der Waals surface area contributed by atoms with E-state index in [0.717, 1.165) is 0 Å². The zero-order valence-corrected chi connectivity index (χ0v) is 12.4. The highest BCUT2D eigenvalue weighted by Gasteiger charge is 2.14. The van der Waals surface area contributed by atoms with Gasteiger partial charge in [-0.3, -0.25) is 15.1 Å². The molecule has 0 atom stereocenters. The first-order valence-electron chi connectivity index (χ1n) is 7.09. The molecule has 1 N–H and O–H groups in total. The largest absolute Gasteiger partial charge is 0.463 e. The maximum Gasteiger partial charge on any atom is 0.411 e. The van der Waals surface area contributed by atoms with Crippen molar-refractivity contribution in [1.82, 2.24) is 4.98 Å². The summed E-state index contributed by atoms with van der Waals surface area (Å²) in [4.78, 5) is 28.3. The highest BCUT2D eigenvalue weighted by molar-refractivity contribution is 5.92. The van der Waals surface area contributed by atoms with Crippen LogP contribution in [0.15, 0.2) is 58.2 Å². The number of carbonyl (C=O) groups excluding carboxylic acids is 1. The van der Waals surface area contributed by atoms with Crippen LogP contribution in [0.1, 0.15) is 6.92 Å². The van der Waals surface area contributed by atoms with Gasteiger partial charge in [0.05, 0.1) is 23.2 Å². The zero-order valence-electron chi connectivity index (χ0n) is 12.4. The number of aromatic nitrogens is 1. The summed E-state index contributed by atoms with van der Waals surface area (Å²) in [6.07, 6.45) is 3.83. The fourth-order valence-corrected chi connectivity index (χ4v) is 2.27. The van der Waals surface area contributed by atoms with Crippen molar-refractivity contribution in [2.45, 2.75) is 6.92 Å². The number of rotatable bonds is 3. The van der Waals surface area contributed by atoms with Crippen LogP contribution in [0.4, 0.5) is 10.5 Å². The number of benzene rings is 1. The summed E-state index contributed by atoms with van der Waals surface area (Å²) >= 11 is 0. The molecule has 2 heterocycles. The summed E-state index contributed by atoms with van der Waals surface area (Å²) in [5, 5.41) is 3.01. The molecule has 0 bridgehead atoms. The number of amides is 1. The lowest BCUT2D eigenvalue weighted by Crippen LogP contribution is -2.15. The minimum Gasteiger partial charge on any atom is -0.463 e. The van der Waals surface area contributed by atoms with Crippen LogP contribution in [0.5, 0.6) is 0 Å². The van der Waals surface area contributed by atoms with E-state index in [0.29, 0.717) is 27.8 Å². The number of carbonyl (C=O) groups is 1. The predicted molar refractivity (Wildman–Crippen MR) is 86.4 cm³/mol. The van der Waals surface area contributed by atoms with Crippen LogP contribution in [-0.4, -0.2) is 17.7 Å². The van der Waals surface area contributed by atoms with Crippen LogP contribution in [0.25, 0.3) is 22.1 Å². The number of anilines is 1. The van der Waals surface area contributed by atoms with E-state index in [4.69, 9.17) is 9.15 Å². The molecule has 0 saturated heterocycles. The third-order valence-corrected chi connectivity index (χ3v) is 3.30. The van der Waals surface area contributed by atoms with E-state index in [1.165, 1.54) is 12.5 Å². The number of ether oxygens (including phenoxy) is 1. The maximum absolute atomic E-state index is 12.6. The van der Waals surface area contributed by atoms with Gasteiger partial charge < -0.3 is 9.15 Å². The minimum atomic E-state index is -0.577. The van der Waals surface area contributed by atoms with E-state index >= 15 is 0 Å².